The number of benzene rings is 1. The minimum absolute atomic E-state index is 0.167. The summed E-state index contributed by atoms with van der Waals surface area (Å²) in [5.41, 5.74) is 3.13. The fraction of sp³-hybridized carbons (Fsp3) is 0.500. The number of hydrogen-bond donors (Lipinski definition) is 1. The summed E-state index contributed by atoms with van der Waals surface area (Å²) in [4.78, 5) is 14.5. The van der Waals surface area contributed by atoms with E-state index < -0.39 is 0 Å². The molecule has 1 N–H and O–H groups in total. The summed E-state index contributed by atoms with van der Waals surface area (Å²) in [6.45, 7) is 8.74. The van der Waals surface area contributed by atoms with Gasteiger partial charge in [-0.15, -0.1) is 0 Å². The van der Waals surface area contributed by atoms with E-state index in [1.54, 1.807) is 0 Å². The van der Waals surface area contributed by atoms with Crippen molar-refractivity contribution in [3.63, 3.8) is 0 Å². The summed E-state index contributed by atoms with van der Waals surface area (Å²) in [5, 5.41) is 3.30. The maximum absolute atomic E-state index is 12.5. The van der Waals surface area contributed by atoms with Crippen molar-refractivity contribution in [2.45, 2.75) is 26.8 Å². The van der Waals surface area contributed by atoms with Gasteiger partial charge in [0.2, 0.25) is 0 Å². The zero-order valence-corrected chi connectivity index (χ0v) is 10.8. The van der Waals surface area contributed by atoms with Gasteiger partial charge in [0.15, 0.2) is 0 Å². The molecule has 2 rings (SSSR count). The first-order chi connectivity index (χ1) is 8.11. The van der Waals surface area contributed by atoms with Gasteiger partial charge in [-0.05, 0) is 38.0 Å². The fourth-order valence-electron chi connectivity index (χ4n) is 2.28. The quantitative estimate of drug-likeness (QED) is 0.800. The van der Waals surface area contributed by atoms with Crippen LogP contribution in [0.5, 0.6) is 0 Å². The summed E-state index contributed by atoms with van der Waals surface area (Å²) in [5.74, 6) is 0.167. The van der Waals surface area contributed by atoms with Crippen LogP contribution in [0.15, 0.2) is 18.2 Å². The Morgan fingerprint density at radius 2 is 2.18 bits per heavy atom. The second-order valence-corrected chi connectivity index (χ2v) is 4.80. The molecule has 3 heteroatoms. The van der Waals surface area contributed by atoms with Crippen LogP contribution in [0.25, 0.3) is 0 Å². The first-order valence-corrected chi connectivity index (χ1v) is 6.19. The average molecular weight is 232 g/mol. The third-order valence-electron chi connectivity index (χ3n) is 3.60. The number of carbonyl (C=O) groups excluding carboxylic acids is 1. The normalized spacial score (nSPS) is 20.4. The molecule has 1 atom stereocenters. The molecule has 1 aromatic carbocycles. The molecule has 1 aromatic rings. The smallest absolute Gasteiger partial charge is 0.254 e. The Labute approximate surface area is 103 Å². The average Bonchev–Trinajstić information content (AvgIpc) is 2.32. The third kappa shape index (κ3) is 2.34. The molecule has 0 aromatic heterocycles. The minimum Gasteiger partial charge on any atom is -0.333 e. The van der Waals surface area contributed by atoms with E-state index in [1.807, 2.05) is 36.9 Å². The highest BCUT2D eigenvalue weighted by molar-refractivity contribution is 5.96. The molecule has 1 aliphatic rings. The van der Waals surface area contributed by atoms with Crippen LogP contribution in [0.1, 0.15) is 28.4 Å². The van der Waals surface area contributed by atoms with Gasteiger partial charge in [0.05, 0.1) is 0 Å². The summed E-state index contributed by atoms with van der Waals surface area (Å²) in [6, 6.07) is 6.21. The molecule has 17 heavy (non-hydrogen) atoms. The predicted molar refractivity (Wildman–Crippen MR) is 69.3 cm³/mol. The molecule has 1 heterocycles. The Morgan fingerprint density at radius 3 is 2.88 bits per heavy atom. The van der Waals surface area contributed by atoms with Crippen LogP contribution in [0.3, 0.4) is 0 Å². The van der Waals surface area contributed by atoms with Crippen LogP contribution in [0, 0.1) is 13.8 Å². The molecule has 0 saturated carbocycles. The van der Waals surface area contributed by atoms with Gasteiger partial charge in [0.1, 0.15) is 0 Å². The van der Waals surface area contributed by atoms with Crippen LogP contribution in [0.2, 0.25) is 0 Å². The number of amides is 1. The van der Waals surface area contributed by atoms with E-state index in [0.717, 1.165) is 30.8 Å². The summed E-state index contributed by atoms with van der Waals surface area (Å²) in [6.07, 6.45) is 0. The zero-order chi connectivity index (χ0) is 12.4. The molecule has 92 valence electrons. The van der Waals surface area contributed by atoms with Gasteiger partial charge < -0.3 is 10.2 Å². The Morgan fingerprint density at radius 1 is 1.41 bits per heavy atom. The third-order valence-corrected chi connectivity index (χ3v) is 3.60. The summed E-state index contributed by atoms with van der Waals surface area (Å²) >= 11 is 0. The van der Waals surface area contributed by atoms with Gasteiger partial charge in [-0.3, -0.25) is 4.79 Å². The summed E-state index contributed by atoms with van der Waals surface area (Å²) in [7, 11) is 0. The first-order valence-electron chi connectivity index (χ1n) is 6.19. The largest absolute Gasteiger partial charge is 0.333 e. The summed E-state index contributed by atoms with van der Waals surface area (Å²) < 4.78 is 0. The molecular formula is C14H20N2O. The Kier molecular flexibility index (Phi) is 3.48. The van der Waals surface area contributed by atoms with Crippen LogP contribution >= 0.6 is 0 Å². The molecular weight excluding hydrogens is 212 g/mol. The lowest BCUT2D eigenvalue weighted by Gasteiger charge is -2.34. The van der Waals surface area contributed by atoms with E-state index in [-0.39, 0.29) is 11.9 Å². The second-order valence-electron chi connectivity index (χ2n) is 4.80. The molecule has 0 spiro atoms. The fourth-order valence-corrected chi connectivity index (χ4v) is 2.28. The van der Waals surface area contributed by atoms with Gasteiger partial charge in [0.25, 0.3) is 5.91 Å². The van der Waals surface area contributed by atoms with Crippen molar-refractivity contribution in [3.05, 3.63) is 34.9 Å². The van der Waals surface area contributed by atoms with E-state index in [0.29, 0.717) is 0 Å². The number of hydrogen-bond acceptors (Lipinski definition) is 2. The standard InChI is InChI=1S/C14H20N2O/c1-10-5-4-6-13(12(10)3)14(17)16-8-7-15-9-11(16)2/h4-6,11,15H,7-9H2,1-3H3/t11-/m0/s1. The van der Waals surface area contributed by atoms with Crippen molar-refractivity contribution in [2.75, 3.05) is 19.6 Å². The number of nitrogens with one attached hydrogen (secondary N) is 1. The van der Waals surface area contributed by atoms with E-state index in [2.05, 4.69) is 12.2 Å². The lowest BCUT2D eigenvalue weighted by Crippen LogP contribution is -2.52. The number of carbonyl (C=O) groups is 1. The van der Waals surface area contributed by atoms with E-state index in [9.17, 15) is 4.79 Å². The number of piperazine rings is 1. The van der Waals surface area contributed by atoms with E-state index in [1.165, 1.54) is 5.56 Å². The van der Waals surface area contributed by atoms with E-state index in [4.69, 9.17) is 0 Å². The van der Waals surface area contributed by atoms with Crippen LogP contribution < -0.4 is 5.32 Å². The minimum atomic E-state index is 0.167. The monoisotopic (exact) mass is 232 g/mol. The predicted octanol–water partition coefficient (Wildman–Crippen LogP) is 1.74. The molecule has 3 nitrogen and oxygen atoms in total. The molecule has 1 fully saturated rings. The lowest BCUT2D eigenvalue weighted by molar-refractivity contribution is 0.0655. The highest BCUT2D eigenvalue weighted by atomic mass is 16.2. The number of aryl methyl sites for hydroxylation is 1. The number of nitrogens with zero attached hydrogens (tertiary/aromatic N) is 1. The topological polar surface area (TPSA) is 32.3 Å². The van der Waals surface area contributed by atoms with Crippen LogP contribution in [-0.2, 0) is 0 Å². The number of rotatable bonds is 1. The van der Waals surface area contributed by atoms with Crippen molar-refractivity contribution < 1.29 is 4.79 Å². The Hall–Kier alpha value is -1.35. The lowest BCUT2D eigenvalue weighted by atomic mass is 10.0. The molecule has 0 bridgehead atoms. The van der Waals surface area contributed by atoms with Crippen molar-refractivity contribution in [2.24, 2.45) is 0 Å². The molecule has 1 amide bonds. The highest BCUT2D eigenvalue weighted by Gasteiger charge is 2.24. The van der Waals surface area contributed by atoms with Gasteiger partial charge in [0, 0.05) is 31.2 Å². The molecule has 1 saturated heterocycles. The Balaban J connectivity index is 2.27. The highest BCUT2D eigenvalue weighted by Crippen LogP contribution is 2.17. The maximum Gasteiger partial charge on any atom is 0.254 e. The van der Waals surface area contributed by atoms with Crippen molar-refractivity contribution in [1.82, 2.24) is 10.2 Å². The van der Waals surface area contributed by atoms with Gasteiger partial charge in [-0.2, -0.15) is 0 Å². The van der Waals surface area contributed by atoms with Crippen LogP contribution in [-0.4, -0.2) is 36.5 Å². The van der Waals surface area contributed by atoms with Crippen LogP contribution in [0.4, 0.5) is 0 Å². The SMILES string of the molecule is Cc1cccc(C(=O)N2CCNC[C@@H]2C)c1C. The van der Waals surface area contributed by atoms with Crippen molar-refractivity contribution >= 4 is 5.91 Å². The van der Waals surface area contributed by atoms with Crippen molar-refractivity contribution in [3.8, 4) is 0 Å². The first kappa shape index (κ1) is 12.1. The van der Waals surface area contributed by atoms with Gasteiger partial charge in [-0.1, -0.05) is 12.1 Å². The molecule has 0 aliphatic carbocycles. The zero-order valence-electron chi connectivity index (χ0n) is 10.8. The van der Waals surface area contributed by atoms with Gasteiger partial charge in [-0.25, -0.2) is 0 Å². The Bertz CT molecular complexity index is 428. The molecule has 0 unspecified atom stereocenters. The molecule has 0 radical (unpaired) electrons. The van der Waals surface area contributed by atoms with Crippen molar-refractivity contribution in [1.29, 1.82) is 0 Å². The second kappa shape index (κ2) is 4.88. The maximum atomic E-state index is 12.5. The van der Waals surface area contributed by atoms with Gasteiger partial charge >= 0.3 is 0 Å². The molecule has 1 aliphatic heterocycles. The van der Waals surface area contributed by atoms with E-state index >= 15 is 0 Å².